The van der Waals surface area contributed by atoms with Crippen molar-refractivity contribution in [2.45, 2.75) is 33.1 Å². The van der Waals surface area contributed by atoms with Gasteiger partial charge < -0.3 is 10.2 Å². The van der Waals surface area contributed by atoms with Gasteiger partial charge in [0.15, 0.2) is 0 Å². The second-order valence-electron chi connectivity index (χ2n) is 6.35. The van der Waals surface area contributed by atoms with E-state index in [-0.39, 0.29) is 17.5 Å². The molecule has 144 valence electrons. The number of hydrogen-bond donors (Lipinski definition) is 1. The lowest BCUT2D eigenvalue weighted by Gasteiger charge is -2.21. The number of aromatic nitrogens is 1. The molecule has 0 aliphatic heterocycles. The smallest absolute Gasteiger partial charge is 0.269 e. The van der Waals surface area contributed by atoms with Crippen LogP contribution in [0.4, 0.5) is 0 Å². The molecular weight excluding hydrogens is 362 g/mol. The summed E-state index contributed by atoms with van der Waals surface area (Å²) < 4.78 is 0. The minimum absolute atomic E-state index is 0.0590. The van der Waals surface area contributed by atoms with Crippen molar-refractivity contribution in [2.75, 3.05) is 19.6 Å². The Labute approximate surface area is 165 Å². The van der Waals surface area contributed by atoms with E-state index in [1.165, 1.54) is 6.20 Å². The molecule has 27 heavy (non-hydrogen) atoms. The van der Waals surface area contributed by atoms with Gasteiger partial charge in [-0.2, -0.15) is 0 Å². The van der Waals surface area contributed by atoms with Gasteiger partial charge >= 0.3 is 0 Å². The summed E-state index contributed by atoms with van der Waals surface area (Å²) in [5.41, 5.74) is 1.84. The van der Waals surface area contributed by atoms with E-state index in [1.54, 1.807) is 12.1 Å². The first-order valence-electron chi connectivity index (χ1n) is 9.33. The average molecular weight is 388 g/mol. The fourth-order valence-corrected chi connectivity index (χ4v) is 2.91. The number of pyridine rings is 1. The molecule has 6 heteroatoms. The number of nitrogens with zero attached hydrogens (tertiary/aromatic N) is 2. The molecule has 0 unspecified atom stereocenters. The Hall–Kier alpha value is -2.40. The highest BCUT2D eigenvalue weighted by Gasteiger charge is 2.16. The van der Waals surface area contributed by atoms with Crippen LogP contribution in [0.1, 0.15) is 53.1 Å². The van der Waals surface area contributed by atoms with Crippen molar-refractivity contribution in [1.29, 1.82) is 0 Å². The third kappa shape index (κ3) is 6.36. The van der Waals surface area contributed by atoms with Crippen LogP contribution in [-0.2, 0) is 6.42 Å². The Kier molecular flexibility index (Phi) is 8.27. The van der Waals surface area contributed by atoms with Crippen LogP contribution >= 0.6 is 11.6 Å². The van der Waals surface area contributed by atoms with Crippen molar-refractivity contribution in [3.63, 3.8) is 0 Å². The molecule has 0 fully saturated rings. The van der Waals surface area contributed by atoms with Crippen LogP contribution in [0.2, 0.25) is 5.02 Å². The lowest BCUT2D eigenvalue weighted by atomic mass is 10.1. The normalized spacial score (nSPS) is 10.5. The van der Waals surface area contributed by atoms with E-state index >= 15 is 0 Å². The Morgan fingerprint density at radius 1 is 1.07 bits per heavy atom. The van der Waals surface area contributed by atoms with Gasteiger partial charge in [-0.25, -0.2) is 0 Å². The lowest BCUT2D eigenvalue weighted by Crippen LogP contribution is -2.33. The molecule has 5 nitrogen and oxygen atoms in total. The third-order valence-corrected chi connectivity index (χ3v) is 4.38. The SMILES string of the molecule is CCCN(CCC)C(=O)c1ccnc(C(=O)NCCc2ccc(Cl)cc2)c1. The predicted molar refractivity (Wildman–Crippen MR) is 108 cm³/mol. The molecule has 0 saturated carbocycles. The molecule has 0 saturated heterocycles. The van der Waals surface area contributed by atoms with Crippen molar-refractivity contribution in [1.82, 2.24) is 15.2 Å². The topological polar surface area (TPSA) is 62.3 Å². The summed E-state index contributed by atoms with van der Waals surface area (Å²) in [7, 11) is 0. The third-order valence-electron chi connectivity index (χ3n) is 4.13. The van der Waals surface area contributed by atoms with E-state index in [9.17, 15) is 9.59 Å². The van der Waals surface area contributed by atoms with Crippen LogP contribution in [-0.4, -0.2) is 41.3 Å². The Balaban J connectivity index is 1.97. The van der Waals surface area contributed by atoms with E-state index in [0.29, 0.717) is 36.6 Å². The Morgan fingerprint density at radius 2 is 1.74 bits per heavy atom. The lowest BCUT2D eigenvalue weighted by molar-refractivity contribution is 0.0755. The monoisotopic (exact) mass is 387 g/mol. The zero-order valence-corrected chi connectivity index (χ0v) is 16.6. The standard InChI is InChI=1S/C21H26ClN3O2/c1-3-13-25(14-4-2)21(27)17-10-12-23-19(15-17)20(26)24-11-9-16-5-7-18(22)8-6-16/h5-8,10,12,15H,3-4,9,11,13-14H2,1-2H3,(H,24,26). The minimum Gasteiger partial charge on any atom is -0.350 e. The molecular formula is C21H26ClN3O2. The first kappa shape index (κ1) is 20.9. The number of carbonyl (C=O) groups is 2. The van der Waals surface area contributed by atoms with Gasteiger partial charge in [-0.15, -0.1) is 0 Å². The highest BCUT2D eigenvalue weighted by Crippen LogP contribution is 2.10. The van der Waals surface area contributed by atoms with E-state index in [2.05, 4.69) is 10.3 Å². The summed E-state index contributed by atoms with van der Waals surface area (Å²) >= 11 is 5.87. The molecule has 0 radical (unpaired) electrons. The molecule has 2 amide bonds. The zero-order valence-electron chi connectivity index (χ0n) is 15.9. The molecule has 0 bridgehead atoms. The van der Waals surface area contributed by atoms with Gasteiger partial charge in [-0.3, -0.25) is 14.6 Å². The minimum atomic E-state index is -0.281. The maximum absolute atomic E-state index is 12.7. The van der Waals surface area contributed by atoms with Gasteiger partial charge in [0.05, 0.1) is 0 Å². The maximum Gasteiger partial charge on any atom is 0.269 e. The van der Waals surface area contributed by atoms with Crippen LogP contribution in [0.5, 0.6) is 0 Å². The average Bonchev–Trinajstić information content (AvgIpc) is 2.69. The number of halogens is 1. The fraction of sp³-hybridized carbons (Fsp3) is 0.381. The molecule has 0 aliphatic carbocycles. The van der Waals surface area contributed by atoms with Crippen LogP contribution in [0, 0.1) is 0 Å². The molecule has 0 atom stereocenters. The first-order chi connectivity index (χ1) is 13.0. The summed E-state index contributed by atoms with van der Waals surface area (Å²) in [5.74, 6) is -0.340. The van der Waals surface area contributed by atoms with Crippen molar-refractivity contribution in [3.05, 3.63) is 64.4 Å². The quantitative estimate of drug-likeness (QED) is 0.708. The van der Waals surface area contributed by atoms with E-state index in [1.807, 2.05) is 43.0 Å². The molecule has 1 aromatic carbocycles. The van der Waals surface area contributed by atoms with Crippen LogP contribution in [0.15, 0.2) is 42.6 Å². The molecule has 1 aromatic heterocycles. The largest absolute Gasteiger partial charge is 0.350 e. The van der Waals surface area contributed by atoms with Crippen molar-refractivity contribution in [2.24, 2.45) is 0 Å². The number of rotatable bonds is 9. The summed E-state index contributed by atoms with van der Waals surface area (Å²) in [6.45, 7) is 5.98. The van der Waals surface area contributed by atoms with Crippen molar-refractivity contribution in [3.8, 4) is 0 Å². The van der Waals surface area contributed by atoms with E-state index < -0.39 is 0 Å². The van der Waals surface area contributed by atoms with E-state index in [0.717, 1.165) is 18.4 Å². The van der Waals surface area contributed by atoms with Gasteiger partial charge in [0.1, 0.15) is 5.69 Å². The van der Waals surface area contributed by atoms with Crippen LogP contribution < -0.4 is 5.32 Å². The summed E-state index contributed by atoms with van der Waals surface area (Å²) in [5, 5.41) is 3.54. The molecule has 2 rings (SSSR count). The van der Waals surface area contributed by atoms with Gasteiger partial charge in [-0.05, 0) is 49.1 Å². The highest BCUT2D eigenvalue weighted by molar-refractivity contribution is 6.30. The second kappa shape index (κ2) is 10.7. The predicted octanol–water partition coefficient (Wildman–Crippen LogP) is 3.97. The molecule has 1 heterocycles. The second-order valence-corrected chi connectivity index (χ2v) is 6.79. The summed E-state index contributed by atoms with van der Waals surface area (Å²) in [6, 6.07) is 10.7. The van der Waals surface area contributed by atoms with Gasteiger partial charge in [0.2, 0.25) is 0 Å². The van der Waals surface area contributed by atoms with Crippen LogP contribution in [0.25, 0.3) is 0 Å². The fourth-order valence-electron chi connectivity index (χ4n) is 2.79. The number of carbonyl (C=O) groups excluding carboxylic acids is 2. The van der Waals surface area contributed by atoms with E-state index in [4.69, 9.17) is 11.6 Å². The summed E-state index contributed by atoms with van der Waals surface area (Å²) in [6.07, 6.45) is 4.00. The molecule has 0 aliphatic rings. The first-order valence-corrected chi connectivity index (χ1v) is 9.71. The summed E-state index contributed by atoms with van der Waals surface area (Å²) in [4.78, 5) is 31.0. The van der Waals surface area contributed by atoms with Gasteiger partial charge in [0.25, 0.3) is 11.8 Å². The zero-order chi connectivity index (χ0) is 19.6. The van der Waals surface area contributed by atoms with Crippen molar-refractivity contribution >= 4 is 23.4 Å². The highest BCUT2D eigenvalue weighted by atomic mass is 35.5. The Bertz CT molecular complexity index is 756. The molecule has 0 spiro atoms. The molecule has 2 aromatic rings. The van der Waals surface area contributed by atoms with Gasteiger partial charge in [-0.1, -0.05) is 37.6 Å². The van der Waals surface area contributed by atoms with Crippen LogP contribution in [0.3, 0.4) is 0 Å². The number of hydrogen-bond acceptors (Lipinski definition) is 3. The molecule has 1 N–H and O–H groups in total. The van der Waals surface area contributed by atoms with Gasteiger partial charge in [0, 0.05) is 36.4 Å². The Morgan fingerprint density at radius 3 is 2.37 bits per heavy atom. The number of benzene rings is 1. The number of nitrogens with one attached hydrogen (secondary N) is 1. The van der Waals surface area contributed by atoms with Crippen molar-refractivity contribution < 1.29 is 9.59 Å². The number of amides is 2. The maximum atomic E-state index is 12.7.